The van der Waals surface area contributed by atoms with E-state index in [2.05, 4.69) is 9.97 Å². The maximum absolute atomic E-state index is 12.9. The van der Waals surface area contributed by atoms with Gasteiger partial charge in [-0.05, 0) is 29.3 Å². The fraction of sp³-hybridized carbons (Fsp3) is 0.318. The molecule has 1 aromatic carbocycles. The van der Waals surface area contributed by atoms with E-state index < -0.39 is 11.7 Å². The van der Waals surface area contributed by atoms with Gasteiger partial charge in [-0.3, -0.25) is 4.98 Å². The summed E-state index contributed by atoms with van der Waals surface area (Å²) in [5.74, 6) is 0.442. The number of ether oxygens (including phenoxy) is 2. The third-order valence-electron chi connectivity index (χ3n) is 5.85. The van der Waals surface area contributed by atoms with Crippen molar-refractivity contribution in [2.75, 3.05) is 25.5 Å². The number of alkyl halides is 3. The monoisotopic (exact) mass is 460 g/mol. The van der Waals surface area contributed by atoms with Crippen molar-refractivity contribution in [2.45, 2.75) is 25.4 Å². The number of aromatic nitrogens is 2. The molecule has 5 rings (SSSR count). The summed E-state index contributed by atoms with van der Waals surface area (Å²) in [6.45, 7) is 2.16. The third kappa shape index (κ3) is 3.68. The Balaban J connectivity index is 1.48. The van der Waals surface area contributed by atoms with Gasteiger partial charge in [-0.1, -0.05) is 24.4 Å². The number of anilines is 1. The molecule has 2 aromatic heterocycles. The molecule has 0 saturated carbocycles. The number of halogens is 3. The normalized spacial score (nSPS) is 18.7. The van der Waals surface area contributed by atoms with Crippen molar-refractivity contribution >= 4 is 33.9 Å². The van der Waals surface area contributed by atoms with E-state index in [9.17, 15) is 13.2 Å². The van der Waals surface area contributed by atoms with Crippen LogP contribution in [-0.2, 0) is 28.9 Å². The van der Waals surface area contributed by atoms with Gasteiger partial charge in [-0.25, -0.2) is 4.98 Å². The Hall–Kier alpha value is -2.82. The van der Waals surface area contributed by atoms with Crippen LogP contribution < -0.4 is 5.73 Å². The van der Waals surface area contributed by atoms with Crippen LogP contribution >= 0.6 is 12.2 Å². The predicted molar refractivity (Wildman–Crippen MR) is 116 cm³/mol. The smallest absolute Gasteiger partial charge is 0.383 e. The summed E-state index contributed by atoms with van der Waals surface area (Å²) in [5, 5.41) is 0.887. The molecule has 2 N–H and O–H groups in total. The Bertz CT molecular complexity index is 1200. The number of hydrogen-bond acceptors (Lipinski definition) is 6. The number of hydrogen-bond donors (Lipinski definition) is 1. The Morgan fingerprint density at radius 1 is 1.12 bits per heavy atom. The van der Waals surface area contributed by atoms with Crippen LogP contribution in [0, 0.1) is 0 Å². The van der Waals surface area contributed by atoms with Gasteiger partial charge in [0.2, 0.25) is 0 Å². The van der Waals surface area contributed by atoms with Crippen LogP contribution in [0.5, 0.6) is 0 Å². The number of benzene rings is 1. The number of fused-ring (bicyclic) bond motifs is 3. The first-order valence-electron chi connectivity index (χ1n) is 10.0. The van der Waals surface area contributed by atoms with Gasteiger partial charge in [0.1, 0.15) is 10.8 Å². The van der Waals surface area contributed by atoms with Crippen LogP contribution in [0.4, 0.5) is 19.0 Å². The zero-order valence-corrected chi connectivity index (χ0v) is 17.7. The summed E-state index contributed by atoms with van der Waals surface area (Å²) in [4.78, 5) is 11.4. The molecule has 166 valence electrons. The number of nitrogen functional groups attached to an aromatic ring is 1. The Labute approximate surface area is 187 Å². The second-order valence-corrected chi connectivity index (χ2v) is 8.13. The lowest BCUT2D eigenvalue weighted by molar-refractivity contribution is -0.137. The number of thiocarbonyl (C=S) groups is 1. The highest BCUT2D eigenvalue weighted by Gasteiger charge is 2.32. The first-order valence-corrected chi connectivity index (χ1v) is 10.4. The molecule has 10 heteroatoms. The minimum absolute atomic E-state index is 0.311. The predicted octanol–water partition coefficient (Wildman–Crippen LogP) is 4.01. The van der Waals surface area contributed by atoms with Crippen molar-refractivity contribution in [3.8, 4) is 0 Å². The van der Waals surface area contributed by atoms with Crippen LogP contribution in [0.3, 0.4) is 0 Å². The van der Waals surface area contributed by atoms with Gasteiger partial charge in [-0.15, -0.1) is 0 Å². The zero-order valence-electron chi connectivity index (χ0n) is 16.9. The minimum Gasteiger partial charge on any atom is -0.383 e. The highest BCUT2D eigenvalue weighted by molar-refractivity contribution is 7.80. The second kappa shape index (κ2) is 7.95. The molecular formula is C22H19F3N4O2S. The highest BCUT2D eigenvalue weighted by Crippen LogP contribution is 2.34. The molecule has 0 spiro atoms. The van der Waals surface area contributed by atoms with Crippen molar-refractivity contribution in [2.24, 2.45) is 0 Å². The number of pyridine rings is 2. The van der Waals surface area contributed by atoms with Gasteiger partial charge in [0, 0.05) is 17.5 Å². The number of nitrogens with two attached hydrogens (primary N) is 1. The summed E-state index contributed by atoms with van der Waals surface area (Å²) >= 11 is 5.77. The maximum Gasteiger partial charge on any atom is 0.416 e. The quantitative estimate of drug-likeness (QED) is 0.580. The van der Waals surface area contributed by atoms with Gasteiger partial charge >= 0.3 is 6.18 Å². The second-order valence-electron chi connectivity index (χ2n) is 7.74. The van der Waals surface area contributed by atoms with Gasteiger partial charge < -0.3 is 20.1 Å². The lowest BCUT2D eigenvalue weighted by atomic mass is 10.0. The topological polar surface area (TPSA) is 73.5 Å². The van der Waals surface area contributed by atoms with E-state index in [-0.39, 0.29) is 6.04 Å². The average Bonchev–Trinajstić information content (AvgIpc) is 3.29. The molecule has 0 aliphatic carbocycles. The lowest BCUT2D eigenvalue weighted by Gasteiger charge is -2.37. The highest BCUT2D eigenvalue weighted by atomic mass is 32.1. The summed E-state index contributed by atoms with van der Waals surface area (Å²) in [6.07, 6.45) is -2.74. The Morgan fingerprint density at radius 3 is 2.62 bits per heavy atom. The van der Waals surface area contributed by atoms with Gasteiger partial charge in [0.15, 0.2) is 0 Å². The molecule has 32 heavy (non-hydrogen) atoms. The fourth-order valence-corrected chi connectivity index (χ4v) is 4.49. The van der Waals surface area contributed by atoms with E-state index in [1.165, 1.54) is 12.1 Å². The molecule has 2 aliphatic heterocycles. The van der Waals surface area contributed by atoms with Crippen molar-refractivity contribution in [3.63, 3.8) is 0 Å². The van der Waals surface area contributed by atoms with Gasteiger partial charge in [-0.2, -0.15) is 13.2 Å². The van der Waals surface area contributed by atoms with Crippen LogP contribution in [0.25, 0.3) is 10.9 Å². The molecule has 1 fully saturated rings. The van der Waals surface area contributed by atoms with Crippen molar-refractivity contribution < 1.29 is 22.6 Å². The lowest BCUT2D eigenvalue weighted by Crippen LogP contribution is -2.43. The largest absolute Gasteiger partial charge is 0.416 e. The molecule has 0 amide bonds. The van der Waals surface area contributed by atoms with Gasteiger partial charge in [0.05, 0.1) is 55.4 Å². The van der Waals surface area contributed by atoms with E-state index in [1.807, 2.05) is 11.0 Å². The molecule has 3 aromatic rings. The molecule has 2 aliphatic rings. The molecule has 1 atom stereocenters. The van der Waals surface area contributed by atoms with E-state index in [0.717, 1.165) is 28.6 Å². The Morgan fingerprint density at radius 2 is 1.88 bits per heavy atom. The van der Waals surface area contributed by atoms with E-state index in [4.69, 9.17) is 27.4 Å². The third-order valence-corrected chi connectivity index (χ3v) is 6.29. The van der Waals surface area contributed by atoms with Crippen LogP contribution in [0.1, 0.15) is 34.0 Å². The fourth-order valence-electron chi connectivity index (χ4n) is 4.16. The summed E-state index contributed by atoms with van der Waals surface area (Å²) in [6, 6.07) is 6.69. The summed E-state index contributed by atoms with van der Waals surface area (Å²) < 4.78 is 50.0. The first kappa shape index (κ1) is 21.0. The molecule has 0 bridgehead atoms. The van der Waals surface area contributed by atoms with Crippen molar-refractivity contribution in [3.05, 3.63) is 64.5 Å². The van der Waals surface area contributed by atoms with E-state index in [0.29, 0.717) is 60.6 Å². The molecule has 0 unspecified atom stereocenters. The van der Waals surface area contributed by atoms with Crippen molar-refractivity contribution in [1.29, 1.82) is 0 Å². The number of rotatable bonds is 2. The standard InChI is InChI=1S/C22H19F3N4O2S/c23-22(24,25)13-3-1-12(2-4-13)19-11-30-6-5-29(19)21(32)17-7-14-15-9-31-10-16(15)20(26)28-18(14)8-27-17/h1-4,7-8,19H,5-6,9-11H2,(H2,26,28)/t19-/m1/s1. The average molecular weight is 460 g/mol. The van der Waals surface area contributed by atoms with Crippen LogP contribution in [0.2, 0.25) is 0 Å². The number of nitrogens with zero attached hydrogens (tertiary/aromatic N) is 3. The van der Waals surface area contributed by atoms with Crippen LogP contribution in [-0.4, -0.2) is 39.6 Å². The Kier molecular flexibility index (Phi) is 5.23. The van der Waals surface area contributed by atoms with Crippen molar-refractivity contribution in [1.82, 2.24) is 14.9 Å². The molecular weight excluding hydrogens is 441 g/mol. The first-order chi connectivity index (χ1) is 15.3. The van der Waals surface area contributed by atoms with Crippen LogP contribution in [0.15, 0.2) is 36.5 Å². The zero-order chi connectivity index (χ0) is 22.5. The maximum atomic E-state index is 12.9. The molecule has 0 radical (unpaired) electrons. The summed E-state index contributed by atoms with van der Waals surface area (Å²) in [5.41, 5.74) is 9.17. The molecule has 1 saturated heterocycles. The summed E-state index contributed by atoms with van der Waals surface area (Å²) in [7, 11) is 0. The minimum atomic E-state index is -4.38. The number of morpholine rings is 1. The molecule has 4 heterocycles. The van der Waals surface area contributed by atoms with E-state index >= 15 is 0 Å². The molecule has 6 nitrogen and oxygen atoms in total. The SMILES string of the molecule is Nc1nc2cnc(C(=S)N3CCOC[C@@H]3c3ccc(C(F)(F)F)cc3)cc2c2c1COC2. The van der Waals surface area contributed by atoms with Gasteiger partial charge in [0.25, 0.3) is 0 Å². The van der Waals surface area contributed by atoms with E-state index in [1.54, 1.807) is 6.20 Å².